The molecule has 0 aliphatic carbocycles. The Labute approximate surface area is 317 Å². The van der Waals surface area contributed by atoms with Crippen LogP contribution in [0.3, 0.4) is 0 Å². The molecule has 9 aromatic carbocycles. The number of nitrogens with zero attached hydrogens (tertiary/aromatic N) is 3. The van der Waals surface area contributed by atoms with E-state index in [2.05, 4.69) is 180 Å². The summed E-state index contributed by atoms with van der Waals surface area (Å²) in [5.41, 5.74) is 11.7. The van der Waals surface area contributed by atoms with Crippen molar-refractivity contribution in [2.24, 2.45) is 0 Å². The van der Waals surface area contributed by atoms with Crippen LogP contribution in [0, 0.1) is 11.3 Å². The molecule has 3 nitrogen and oxygen atoms in total. The standard InChI is InChI=1S/C52H31N3/c53-32-33-15-23-44-47-29-40(22-24-50(47)55(51(44)25-33)43-13-5-2-6-14-43)35-18-16-34(17-19-35)39-20-21-41-27-45-46-28-37-11-7-8-12-38(37)31-49(46)54-52(36-9-3-1-4-10-36)48(45)30-42(41)26-39/h1-31H. The molecular weight excluding hydrogens is 667 g/mol. The lowest BCUT2D eigenvalue weighted by atomic mass is 9.93. The van der Waals surface area contributed by atoms with E-state index in [1.54, 1.807) is 0 Å². The summed E-state index contributed by atoms with van der Waals surface area (Å²) >= 11 is 0. The van der Waals surface area contributed by atoms with Gasteiger partial charge in [0, 0.05) is 32.8 Å². The van der Waals surface area contributed by atoms with E-state index in [0.29, 0.717) is 5.56 Å². The van der Waals surface area contributed by atoms with Gasteiger partial charge < -0.3 is 4.57 Å². The maximum absolute atomic E-state index is 9.68. The Balaban J connectivity index is 1.01. The van der Waals surface area contributed by atoms with Gasteiger partial charge >= 0.3 is 0 Å². The number of fused-ring (bicyclic) bond motifs is 8. The molecule has 0 aliphatic rings. The van der Waals surface area contributed by atoms with E-state index in [9.17, 15) is 5.26 Å². The third-order valence-electron chi connectivity index (χ3n) is 11.1. The van der Waals surface area contributed by atoms with Gasteiger partial charge in [0.1, 0.15) is 0 Å². The molecule has 55 heavy (non-hydrogen) atoms. The quantitative estimate of drug-likeness (QED) is 0.136. The van der Waals surface area contributed by atoms with Gasteiger partial charge in [0.2, 0.25) is 0 Å². The summed E-state index contributed by atoms with van der Waals surface area (Å²) in [4.78, 5) is 5.30. The zero-order valence-electron chi connectivity index (χ0n) is 29.7. The molecule has 3 heteroatoms. The third-order valence-corrected chi connectivity index (χ3v) is 11.1. The van der Waals surface area contributed by atoms with E-state index >= 15 is 0 Å². The molecule has 0 fully saturated rings. The zero-order valence-corrected chi connectivity index (χ0v) is 29.7. The minimum absolute atomic E-state index is 0.653. The number of benzene rings is 9. The lowest BCUT2D eigenvalue weighted by Crippen LogP contribution is -1.93. The molecule has 0 amide bonds. The molecule has 0 N–H and O–H groups in total. The van der Waals surface area contributed by atoms with Crippen LogP contribution < -0.4 is 0 Å². The topological polar surface area (TPSA) is 41.6 Å². The number of hydrogen-bond acceptors (Lipinski definition) is 2. The first-order valence-corrected chi connectivity index (χ1v) is 18.6. The summed E-state index contributed by atoms with van der Waals surface area (Å²) in [5.74, 6) is 0. The maximum atomic E-state index is 9.68. The maximum Gasteiger partial charge on any atom is 0.0992 e. The summed E-state index contributed by atoms with van der Waals surface area (Å²) in [6, 6.07) is 69.3. The van der Waals surface area contributed by atoms with Crippen molar-refractivity contribution in [1.82, 2.24) is 9.55 Å². The van der Waals surface area contributed by atoms with Crippen molar-refractivity contribution in [3.63, 3.8) is 0 Å². The SMILES string of the molecule is N#Cc1ccc2c3cc(-c4ccc(-c5ccc6cc7c(cc6c5)c(-c5ccccc5)nc5cc6ccccc6cc57)cc4)ccc3n(-c3ccccc3)c2c1. The molecule has 254 valence electrons. The Hall–Kier alpha value is -7.54. The molecular formula is C52H31N3. The summed E-state index contributed by atoms with van der Waals surface area (Å²) in [5, 5.41) is 20.3. The predicted octanol–water partition coefficient (Wildman–Crippen LogP) is 13.7. The van der Waals surface area contributed by atoms with Crippen molar-refractivity contribution in [3.8, 4) is 45.3 Å². The van der Waals surface area contributed by atoms with Gasteiger partial charge in [0.05, 0.1) is 33.9 Å². The predicted molar refractivity (Wildman–Crippen MR) is 230 cm³/mol. The van der Waals surface area contributed by atoms with E-state index in [1.807, 2.05) is 18.2 Å². The molecule has 2 aromatic heterocycles. The zero-order chi connectivity index (χ0) is 36.5. The van der Waals surface area contributed by atoms with Crippen LogP contribution in [0.15, 0.2) is 188 Å². The molecule has 0 saturated heterocycles. The Morgan fingerprint density at radius 2 is 1.00 bits per heavy atom. The van der Waals surface area contributed by atoms with Gasteiger partial charge in [-0.2, -0.15) is 5.26 Å². The molecule has 0 atom stereocenters. The van der Waals surface area contributed by atoms with E-state index in [-0.39, 0.29) is 0 Å². The number of para-hydroxylation sites is 1. The van der Waals surface area contributed by atoms with Crippen LogP contribution in [-0.2, 0) is 0 Å². The highest BCUT2D eigenvalue weighted by atomic mass is 15.0. The van der Waals surface area contributed by atoms with Crippen molar-refractivity contribution in [2.75, 3.05) is 0 Å². The Morgan fingerprint density at radius 1 is 0.382 bits per heavy atom. The Morgan fingerprint density at radius 3 is 1.76 bits per heavy atom. The average molecular weight is 698 g/mol. The van der Waals surface area contributed by atoms with Gasteiger partial charge in [-0.3, -0.25) is 0 Å². The largest absolute Gasteiger partial charge is 0.309 e. The van der Waals surface area contributed by atoms with Crippen LogP contribution in [0.5, 0.6) is 0 Å². The molecule has 0 aliphatic heterocycles. The van der Waals surface area contributed by atoms with E-state index in [1.165, 1.54) is 43.4 Å². The summed E-state index contributed by atoms with van der Waals surface area (Å²) < 4.78 is 2.25. The number of aromatic nitrogens is 2. The van der Waals surface area contributed by atoms with E-state index < -0.39 is 0 Å². The van der Waals surface area contributed by atoms with Crippen LogP contribution in [0.2, 0.25) is 0 Å². The lowest BCUT2D eigenvalue weighted by molar-refractivity contribution is 1.18. The molecule has 0 spiro atoms. The highest BCUT2D eigenvalue weighted by molar-refractivity contribution is 6.18. The fraction of sp³-hybridized carbons (Fsp3) is 0. The van der Waals surface area contributed by atoms with Gasteiger partial charge in [0.25, 0.3) is 0 Å². The molecule has 2 heterocycles. The molecule has 0 bridgehead atoms. The molecule has 0 saturated carbocycles. The normalized spacial score (nSPS) is 11.6. The number of nitriles is 1. The summed E-state index contributed by atoms with van der Waals surface area (Å²) in [6.45, 7) is 0. The highest BCUT2D eigenvalue weighted by Crippen LogP contribution is 2.39. The Kier molecular flexibility index (Phi) is 6.92. The van der Waals surface area contributed by atoms with Crippen molar-refractivity contribution < 1.29 is 0 Å². The van der Waals surface area contributed by atoms with Gasteiger partial charge in [-0.15, -0.1) is 0 Å². The third kappa shape index (κ3) is 5.08. The van der Waals surface area contributed by atoms with Crippen LogP contribution >= 0.6 is 0 Å². The van der Waals surface area contributed by atoms with Crippen LogP contribution in [-0.4, -0.2) is 9.55 Å². The highest BCUT2D eigenvalue weighted by Gasteiger charge is 2.16. The van der Waals surface area contributed by atoms with Crippen molar-refractivity contribution >= 4 is 65.0 Å². The van der Waals surface area contributed by atoms with Crippen molar-refractivity contribution in [1.29, 1.82) is 5.26 Å². The average Bonchev–Trinajstić information content (AvgIpc) is 3.58. The summed E-state index contributed by atoms with van der Waals surface area (Å²) in [6.07, 6.45) is 0. The second kappa shape index (κ2) is 12.3. The van der Waals surface area contributed by atoms with E-state index in [4.69, 9.17) is 4.98 Å². The monoisotopic (exact) mass is 697 g/mol. The first-order chi connectivity index (χ1) is 27.2. The fourth-order valence-electron chi connectivity index (χ4n) is 8.41. The molecule has 11 rings (SSSR count). The van der Waals surface area contributed by atoms with Crippen LogP contribution in [0.1, 0.15) is 5.56 Å². The first-order valence-electron chi connectivity index (χ1n) is 18.6. The van der Waals surface area contributed by atoms with Gasteiger partial charge in [0.15, 0.2) is 0 Å². The van der Waals surface area contributed by atoms with E-state index in [0.717, 1.165) is 60.8 Å². The molecule has 0 radical (unpaired) electrons. The van der Waals surface area contributed by atoms with Gasteiger partial charge in [-0.25, -0.2) is 4.98 Å². The summed E-state index contributed by atoms with van der Waals surface area (Å²) in [7, 11) is 0. The Bertz CT molecular complexity index is 3350. The van der Waals surface area contributed by atoms with Crippen molar-refractivity contribution in [3.05, 3.63) is 194 Å². The molecule has 11 aromatic rings. The van der Waals surface area contributed by atoms with Crippen molar-refractivity contribution in [2.45, 2.75) is 0 Å². The molecule has 0 unspecified atom stereocenters. The second-order valence-corrected chi connectivity index (χ2v) is 14.3. The smallest absolute Gasteiger partial charge is 0.0992 e. The second-order valence-electron chi connectivity index (χ2n) is 14.3. The van der Waals surface area contributed by atoms with Gasteiger partial charge in [-0.05, 0) is 116 Å². The number of hydrogen-bond donors (Lipinski definition) is 0. The fourth-order valence-corrected chi connectivity index (χ4v) is 8.41. The first kappa shape index (κ1) is 31.0. The number of rotatable bonds is 4. The lowest BCUT2D eigenvalue weighted by Gasteiger charge is -2.13. The number of pyridine rings is 1. The van der Waals surface area contributed by atoms with Crippen LogP contribution in [0.25, 0.3) is 104 Å². The minimum atomic E-state index is 0.653. The minimum Gasteiger partial charge on any atom is -0.309 e. The van der Waals surface area contributed by atoms with Gasteiger partial charge in [-0.1, -0.05) is 121 Å². The van der Waals surface area contributed by atoms with Crippen LogP contribution in [0.4, 0.5) is 0 Å².